The van der Waals surface area contributed by atoms with Gasteiger partial charge in [-0.3, -0.25) is 4.79 Å². The summed E-state index contributed by atoms with van der Waals surface area (Å²) in [5.41, 5.74) is 0.318. The van der Waals surface area contributed by atoms with Crippen LogP contribution in [0.1, 0.15) is 36.2 Å². The number of amides is 1. The maximum Gasteiger partial charge on any atom is 0.323 e. The van der Waals surface area contributed by atoms with E-state index < -0.39 is 4.92 Å². The molecule has 0 bridgehead atoms. The molecule has 0 aromatic carbocycles. The molecule has 0 radical (unpaired) electrons. The number of nitrogens with zero attached hydrogens (tertiary/aromatic N) is 2. The molecule has 1 heterocycles. The van der Waals surface area contributed by atoms with Gasteiger partial charge < -0.3 is 15.4 Å². The summed E-state index contributed by atoms with van der Waals surface area (Å²) in [5, 5.41) is 13.6. The van der Waals surface area contributed by atoms with Gasteiger partial charge in [0.05, 0.1) is 7.05 Å². The van der Waals surface area contributed by atoms with Gasteiger partial charge >= 0.3 is 5.82 Å². The van der Waals surface area contributed by atoms with Gasteiger partial charge in [0, 0.05) is 17.4 Å². The van der Waals surface area contributed by atoms with Crippen molar-refractivity contribution >= 4 is 27.7 Å². The maximum atomic E-state index is 12.1. The normalized spacial score (nSPS) is 22.5. The van der Waals surface area contributed by atoms with Crippen LogP contribution in [0.25, 0.3) is 0 Å². The Kier molecular flexibility index (Phi) is 4.80. The lowest BCUT2D eigenvalue weighted by molar-refractivity contribution is -0.391. The summed E-state index contributed by atoms with van der Waals surface area (Å²) in [4.78, 5) is 22.8. The Morgan fingerprint density at radius 1 is 1.50 bits per heavy atom. The third-order valence-corrected chi connectivity index (χ3v) is 5.06. The summed E-state index contributed by atoms with van der Waals surface area (Å²) < 4.78 is 1.31. The van der Waals surface area contributed by atoms with E-state index >= 15 is 0 Å². The predicted molar refractivity (Wildman–Crippen MR) is 79.1 cm³/mol. The molecule has 2 rings (SSSR count). The minimum Gasteiger partial charge on any atom is -0.358 e. The molecule has 20 heavy (non-hydrogen) atoms. The van der Waals surface area contributed by atoms with Crippen molar-refractivity contribution in [3.05, 3.63) is 27.9 Å². The van der Waals surface area contributed by atoms with Crippen molar-refractivity contribution in [1.29, 1.82) is 0 Å². The number of rotatable bonds is 4. The molecule has 2 atom stereocenters. The third kappa shape index (κ3) is 3.20. The molecule has 0 aliphatic heterocycles. The molecule has 110 valence electrons. The fraction of sp³-hybridized carbons (Fsp3) is 0.615. The first-order valence-corrected chi connectivity index (χ1v) is 7.64. The van der Waals surface area contributed by atoms with Crippen molar-refractivity contribution < 1.29 is 9.72 Å². The van der Waals surface area contributed by atoms with Gasteiger partial charge in [0.1, 0.15) is 0 Å². The van der Waals surface area contributed by atoms with Gasteiger partial charge in [-0.2, -0.15) is 0 Å². The van der Waals surface area contributed by atoms with Gasteiger partial charge in [-0.15, -0.1) is 0 Å². The Bertz CT molecular complexity index is 515. The number of hydrogen-bond acceptors (Lipinski definition) is 3. The first-order valence-electron chi connectivity index (χ1n) is 6.73. The lowest BCUT2D eigenvalue weighted by Gasteiger charge is -2.27. The average molecular weight is 344 g/mol. The van der Waals surface area contributed by atoms with Crippen molar-refractivity contribution in [1.82, 2.24) is 9.88 Å². The van der Waals surface area contributed by atoms with Crippen LogP contribution in [0.15, 0.2) is 12.1 Å². The number of aromatic nitrogens is 1. The zero-order valence-electron chi connectivity index (χ0n) is 11.3. The number of carbonyl (C=O) groups is 1. The highest BCUT2D eigenvalue weighted by atomic mass is 79.9. The number of nitro groups is 1. The standard InChI is InChI=1S/C13H18BrN3O3/c1-16-11(6-7-12(16)17(19)20)13(18)15-8-9-4-2-3-5-10(9)14/h6-7,9-10H,2-5,8H2,1H3,(H,15,18). The molecule has 0 saturated heterocycles. The van der Waals surface area contributed by atoms with Crippen LogP contribution in [-0.4, -0.2) is 26.8 Å². The lowest BCUT2D eigenvalue weighted by atomic mass is 9.89. The summed E-state index contributed by atoms with van der Waals surface area (Å²) in [6.07, 6.45) is 4.66. The van der Waals surface area contributed by atoms with Gasteiger partial charge in [-0.1, -0.05) is 28.8 Å². The van der Waals surface area contributed by atoms with Crippen LogP contribution >= 0.6 is 15.9 Å². The van der Waals surface area contributed by atoms with Crippen molar-refractivity contribution in [3.63, 3.8) is 0 Å². The van der Waals surface area contributed by atoms with Gasteiger partial charge in [-0.05, 0) is 29.7 Å². The highest BCUT2D eigenvalue weighted by Crippen LogP contribution is 2.29. The van der Waals surface area contributed by atoms with Gasteiger partial charge in [0.2, 0.25) is 0 Å². The van der Waals surface area contributed by atoms with E-state index in [2.05, 4.69) is 21.2 Å². The monoisotopic (exact) mass is 343 g/mol. The molecule has 2 unspecified atom stereocenters. The molecule has 1 fully saturated rings. The fourth-order valence-corrected chi connectivity index (χ4v) is 3.39. The van der Waals surface area contributed by atoms with Crippen LogP contribution in [0, 0.1) is 16.0 Å². The van der Waals surface area contributed by atoms with Crippen LogP contribution in [0.4, 0.5) is 5.82 Å². The number of hydrogen-bond donors (Lipinski definition) is 1. The zero-order valence-corrected chi connectivity index (χ0v) is 12.9. The van der Waals surface area contributed by atoms with Crippen LogP contribution in [-0.2, 0) is 7.05 Å². The van der Waals surface area contributed by atoms with Crippen LogP contribution in [0.3, 0.4) is 0 Å². The van der Waals surface area contributed by atoms with Crippen molar-refractivity contribution in [2.45, 2.75) is 30.5 Å². The summed E-state index contributed by atoms with van der Waals surface area (Å²) in [5.74, 6) is 0.0972. The zero-order chi connectivity index (χ0) is 14.7. The SMILES string of the molecule is Cn1c(C(=O)NCC2CCCCC2Br)ccc1[N+](=O)[O-]. The number of nitrogens with one attached hydrogen (secondary N) is 1. The minimum atomic E-state index is -0.494. The molecular weight excluding hydrogens is 326 g/mol. The quantitative estimate of drug-likeness (QED) is 0.518. The average Bonchev–Trinajstić information content (AvgIpc) is 2.79. The molecule has 1 aromatic rings. The summed E-state index contributed by atoms with van der Waals surface area (Å²) in [6, 6.07) is 2.84. The van der Waals surface area contributed by atoms with Crippen LogP contribution < -0.4 is 5.32 Å². The van der Waals surface area contributed by atoms with Crippen LogP contribution in [0.2, 0.25) is 0 Å². The molecule has 1 aliphatic carbocycles. The second-order valence-electron chi connectivity index (χ2n) is 5.16. The lowest BCUT2D eigenvalue weighted by Crippen LogP contribution is -2.35. The molecule has 1 amide bonds. The Hall–Kier alpha value is -1.37. The number of carbonyl (C=O) groups excluding carboxylic acids is 1. The first kappa shape index (κ1) is 15.0. The maximum absolute atomic E-state index is 12.1. The van der Waals surface area contributed by atoms with Crippen LogP contribution in [0.5, 0.6) is 0 Å². The van der Waals surface area contributed by atoms with E-state index in [4.69, 9.17) is 0 Å². The largest absolute Gasteiger partial charge is 0.358 e. The summed E-state index contributed by atoms with van der Waals surface area (Å²) in [6.45, 7) is 0.605. The van der Waals surface area contributed by atoms with Gasteiger partial charge in [0.25, 0.3) is 5.91 Å². The highest BCUT2D eigenvalue weighted by molar-refractivity contribution is 9.09. The van der Waals surface area contributed by atoms with Crippen molar-refractivity contribution in [2.24, 2.45) is 13.0 Å². The van der Waals surface area contributed by atoms with E-state index in [1.54, 1.807) is 0 Å². The third-order valence-electron chi connectivity index (χ3n) is 3.86. The van der Waals surface area contributed by atoms with E-state index in [1.165, 1.54) is 36.6 Å². The second-order valence-corrected chi connectivity index (χ2v) is 6.34. The Morgan fingerprint density at radius 3 is 2.80 bits per heavy atom. The van der Waals surface area contributed by atoms with E-state index in [1.807, 2.05) is 0 Å². The molecule has 7 heteroatoms. The van der Waals surface area contributed by atoms with Gasteiger partial charge in [-0.25, -0.2) is 4.57 Å². The van der Waals surface area contributed by atoms with Crippen molar-refractivity contribution in [3.8, 4) is 0 Å². The van der Waals surface area contributed by atoms with E-state index in [-0.39, 0.29) is 11.7 Å². The summed E-state index contributed by atoms with van der Waals surface area (Å²) >= 11 is 3.65. The second kappa shape index (κ2) is 6.39. The molecule has 1 N–H and O–H groups in total. The van der Waals surface area contributed by atoms with E-state index in [9.17, 15) is 14.9 Å². The molecule has 6 nitrogen and oxygen atoms in total. The topological polar surface area (TPSA) is 77.2 Å². The number of alkyl halides is 1. The Morgan fingerprint density at radius 2 is 2.20 bits per heavy atom. The molecule has 1 aliphatic rings. The molecular formula is C13H18BrN3O3. The van der Waals surface area contributed by atoms with E-state index in [0.29, 0.717) is 23.0 Å². The Balaban J connectivity index is 1.96. The molecule has 1 aromatic heterocycles. The first-order chi connectivity index (χ1) is 9.50. The molecule has 1 saturated carbocycles. The highest BCUT2D eigenvalue weighted by Gasteiger charge is 2.25. The predicted octanol–water partition coefficient (Wildman–Crippen LogP) is 2.62. The molecule has 0 spiro atoms. The van der Waals surface area contributed by atoms with Crippen molar-refractivity contribution in [2.75, 3.05) is 6.54 Å². The smallest absolute Gasteiger partial charge is 0.323 e. The van der Waals surface area contributed by atoms with Gasteiger partial charge in [0.15, 0.2) is 5.69 Å². The van der Waals surface area contributed by atoms with E-state index in [0.717, 1.165) is 12.8 Å². The fourth-order valence-electron chi connectivity index (χ4n) is 2.62. The minimum absolute atomic E-state index is 0.0776. The summed E-state index contributed by atoms with van der Waals surface area (Å²) in [7, 11) is 1.53. The Labute approximate surface area is 125 Å². The number of halogens is 1.